The summed E-state index contributed by atoms with van der Waals surface area (Å²) in [6.45, 7) is 2.81. The fourth-order valence-electron chi connectivity index (χ4n) is 14.7. The van der Waals surface area contributed by atoms with Crippen LogP contribution in [0.3, 0.4) is 0 Å². The van der Waals surface area contributed by atoms with Crippen molar-refractivity contribution in [3.05, 3.63) is 315 Å². The zero-order valence-electron chi connectivity index (χ0n) is 55.3. The van der Waals surface area contributed by atoms with Crippen LogP contribution >= 0.6 is 0 Å². The van der Waals surface area contributed by atoms with Crippen molar-refractivity contribution in [1.29, 1.82) is 0 Å². The van der Waals surface area contributed by atoms with Crippen molar-refractivity contribution in [3.8, 4) is 79.2 Å². The molecule has 6 heterocycles. The summed E-state index contributed by atoms with van der Waals surface area (Å²) >= 11 is 0. The molecule has 0 saturated heterocycles. The summed E-state index contributed by atoms with van der Waals surface area (Å²) in [5, 5.41) is 13.8. The van der Waals surface area contributed by atoms with Crippen LogP contribution in [0.25, 0.3) is 188 Å². The Kier molecular flexibility index (Phi) is 16.1. The van der Waals surface area contributed by atoms with Crippen LogP contribution < -0.4 is 0 Å². The predicted molar refractivity (Wildman–Crippen MR) is 412 cm³/mol. The second-order valence-electron chi connectivity index (χ2n) is 25.4. The topological polar surface area (TPSA) is 121 Å². The van der Waals surface area contributed by atoms with Crippen molar-refractivity contribution in [2.75, 3.05) is 0 Å². The molecule has 10 nitrogen and oxygen atoms in total. The van der Waals surface area contributed by atoms with Gasteiger partial charge in [0.2, 0.25) is 0 Å². The number of hydrogen-bond donors (Lipinski definition) is 0. The fourth-order valence-corrected chi connectivity index (χ4v) is 14.7. The minimum absolute atomic E-state index is 0. The molecule has 20 rings (SSSR count). The quantitative estimate of drug-likeness (QED) is 0.0754. The number of hydrogen-bond acceptors (Lipinski definition) is 8. The number of aromatic nitrogens is 8. The summed E-state index contributed by atoms with van der Waals surface area (Å²) in [5.41, 5.74) is 20.3. The second kappa shape index (κ2) is 26.1. The van der Waals surface area contributed by atoms with Crippen LogP contribution in [0.2, 0.25) is 0 Å². The molecule has 0 N–H and O–H groups in total. The van der Waals surface area contributed by atoms with Crippen molar-refractivity contribution < 1.29 is 29.7 Å². The number of pyridine rings is 2. The van der Waals surface area contributed by atoms with Crippen LogP contribution in [-0.4, -0.2) is 50.6 Å². The standard InChI is InChI=1S/2C43H25N4.C5H8O2.Ir/c2*1-3-11-27(12-4-1)41-33-23-25-35-40-36(26-24-34(39(33)40)42(46-41)28-13-5-2-6-14-28)45-43(44-35)29-19-21-30(22-20-29)47-37-17-9-7-15-31(37)32-16-8-10-18-38(32)47;1-4(6)3-5(2)7;/h2*1-19,21-26H;3H2,1-2H3;/q2*-1;;. The molecule has 0 unspecified atom stereocenters. The molecule has 14 aromatic carbocycles. The zero-order chi connectivity index (χ0) is 67.7. The van der Waals surface area contributed by atoms with Crippen LogP contribution in [0.1, 0.15) is 20.3 Å². The Bertz CT molecular complexity index is 5860. The summed E-state index contributed by atoms with van der Waals surface area (Å²) in [4.78, 5) is 51.1. The van der Waals surface area contributed by atoms with Crippen molar-refractivity contribution in [3.63, 3.8) is 0 Å². The maximum absolute atomic E-state index is 10.0. The van der Waals surface area contributed by atoms with E-state index in [4.69, 9.17) is 29.9 Å². The molecule has 0 amide bonds. The van der Waals surface area contributed by atoms with Gasteiger partial charge in [0.05, 0.1) is 62.9 Å². The number of fused-ring (bicyclic) bond motifs is 6. The van der Waals surface area contributed by atoms with Gasteiger partial charge in [-0.25, -0.2) is 9.97 Å². The Hall–Kier alpha value is -12.8. The maximum Gasteiger partial charge on any atom is 0.137 e. The average molecular weight is 1490 g/mol. The molecule has 0 aliphatic carbocycles. The van der Waals surface area contributed by atoms with Crippen LogP contribution in [0.5, 0.6) is 0 Å². The molecule has 0 atom stereocenters. The maximum atomic E-state index is 10.0. The van der Waals surface area contributed by atoms with Gasteiger partial charge in [0.1, 0.15) is 11.6 Å². The van der Waals surface area contributed by atoms with Gasteiger partial charge in [-0.2, -0.15) is 0 Å². The third kappa shape index (κ3) is 11.0. The third-order valence-electron chi connectivity index (χ3n) is 19.0. The molecule has 0 spiro atoms. The third-order valence-corrected chi connectivity index (χ3v) is 19.0. The van der Waals surface area contributed by atoms with Gasteiger partial charge in [-0.05, 0) is 73.8 Å². The minimum atomic E-state index is -0.0625. The monoisotopic (exact) mass is 1490 g/mol. The van der Waals surface area contributed by atoms with Gasteiger partial charge in [-0.1, -0.05) is 218 Å². The average Bonchev–Trinajstić information content (AvgIpc) is 1.14. The number of carbonyl (C=O) groups is 2. The summed E-state index contributed by atoms with van der Waals surface area (Å²) in [7, 11) is 0. The summed E-state index contributed by atoms with van der Waals surface area (Å²) in [6.07, 6.45) is 0.0833. The summed E-state index contributed by atoms with van der Waals surface area (Å²) in [5.74, 6) is 1.20. The zero-order valence-corrected chi connectivity index (χ0v) is 57.7. The van der Waals surface area contributed by atoms with E-state index in [0.717, 1.165) is 133 Å². The fraction of sp³-hybridized carbons (Fsp3) is 0.0330. The molecule has 0 fully saturated rings. The van der Waals surface area contributed by atoms with E-state index in [1.165, 1.54) is 57.5 Å². The van der Waals surface area contributed by atoms with Gasteiger partial charge >= 0.3 is 0 Å². The van der Waals surface area contributed by atoms with Gasteiger partial charge in [0.15, 0.2) is 0 Å². The molecule has 20 aromatic rings. The first-order chi connectivity index (χ1) is 49.8. The Morgan fingerprint density at radius 3 is 0.794 bits per heavy atom. The molecule has 0 bridgehead atoms. The van der Waals surface area contributed by atoms with E-state index < -0.39 is 0 Å². The van der Waals surface area contributed by atoms with E-state index >= 15 is 0 Å². The molecule has 0 aliphatic rings. The number of carbonyl (C=O) groups excluding carboxylic acids is 2. The Balaban J connectivity index is 0.000000138. The van der Waals surface area contributed by atoms with Gasteiger partial charge in [-0.15, -0.1) is 59.7 Å². The van der Waals surface area contributed by atoms with Crippen molar-refractivity contribution in [2.24, 2.45) is 0 Å². The van der Waals surface area contributed by atoms with E-state index in [1.807, 2.05) is 36.4 Å². The molecule has 6 aromatic heterocycles. The number of benzene rings is 14. The number of ketones is 2. The summed E-state index contributed by atoms with van der Waals surface area (Å²) < 4.78 is 4.60. The minimum Gasteiger partial charge on any atom is -0.351 e. The van der Waals surface area contributed by atoms with Crippen LogP contribution in [-0.2, 0) is 29.7 Å². The Labute approximate surface area is 600 Å². The van der Waals surface area contributed by atoms with Crippen LogP contribution in [0, 0.1) is 12.1 Å². The van der Waals surface area contributed by atoms with E-state index in [9.17, 15) is 9.59 Å². The van der Waals surface area contributed by atoms with E-state index in [2.05, 4.69) is 288 Å². The predicted octanol–water partition coefficient (Wildman–Crippen LogP) is 21.9. The largest absolute Gasteiger partial charge is 0.351 e. The summed E-state index contributed by atoms with van der Waals surface area (Å²) in [6, 6.07) is 113. The molecular formula is C91H58IrN8O2-2. The van der Waals surface area contributed by atoms with Crippen LogP contribution in [0.4, 0.5) is 0 Å². The number of nitrogens with zero attached hydrogens (tertiary/aromatic N) is 8. The molecular weight excluding hydrogens is 1430 g/mol. The molecule has 485 valence electrons. The Morgan fingerprint density at radius 2 is 0.549 bits per heavy atom. The van der Waals surface area contributed by atoms with Gasteiger partial charge in [0.25, 0.3) is 0 Å². The first-order valence-corrected chi connectivity index (χ1v) is 33.7. The molecule has 1 radical (unpaired) electrons. The van der Waals surface area contributed by atoms with E-state index in [1.54, 1.807) is 0 Å². The number of para-hydroxylation sites is 4. The van der Waals surface area contributed by atoms with E-state index in [-0.39, 0.29) is 38.1 Å². The van der Waals surface area contributed by atoms with Gasteiger partial charge in [0, 0.05) is 129 Å². The molecule has 11 heteroatoms. The first kappa shape index (κ1) is 62.7. The molecule has 0 aliphatic heterocycles. The smallest absolute Gasteiger partial charge is 0.137 e. The van der Waals surface area contributed by atoms with Gasteiger partial charge < -0.3 is 9.13 Å². The van der Waals surface area contributed by atoms with Crippen LogP contribution in [0.15, 0.2) is 303 Å². The number of rotatable bonds is 10. The van der Waals surface area contributed by atoms with E-state index in [0.29, 0.717) is 11.6 Å². The van der Waals surface area contributed by atoms with Crippen molar-refractivity contribution in [1.82, 2.24) is 39.0 Å². The number of Topliss-reactive ketones (excluding diaryl/α,β-unsaturated/α-hetero) is 2. The second-order valence-corrected chi connectivity index (χ2v) is 25.4. The van der Waals surface area contributed by atoms with Crippen molar-refractivity contribution in [2.45, 2.75) is 20.3 Å². The first-order valence-electron chi connectivity index (χ1n) is 33.7. The molecule has 102 heavy (non-hydrogen) atoms. The normalized spacial score (nSPS) is 11.5. The van der Waals surface area contributed by atoms with Gasteiger partial charge in [-0.3, -0.25) is 29.5 Å². The van der Waals surface area contributed by atoms with Crippen molar-refractivity contribution >= 4 is 120 Å². The Morgan fingerprint density at radius 1 is 0.284 bits per heavy atom. The molecule has 0 saturated carbocycles. The SMILES string of the molecule is CC(=O)CC(C)=O.[Ir].[c-]1cc(-n2c3ccccc3c3ccccc32)ccc1-c1nc2ccc3c(-c4ccccc4)nc(-c4ccccc4)c4ccc(n1)c2c34.[c-]1cc(-n2c3ccccc3c3ccccc32)ccc1-c1nc2ccc3c(-c4ccccc4)nc(-c4ccccc4)c4ccc(n1)c2c34.